The van der Waals surface area contributed by atoms with Gasteiger partial charge in [0.05, 0.1) is 16.8 Å². The van der Waals surface area contributed by atoms with Gasteiger partial charge in [-0.1, -0.05) is 49.4 Å². The van der Waals surface area contributed by atoms with Gasteiger partial charge in [-0.3, -0.25) is 4.79 Å². The van der Waals surface area contributed by atoms with Gasteiger partial charge < -0.3 is 4.57 Å². The maximum absolute atomic E-state index is 13.4. The number of carbonyl (C=O) groups is 1. The van der Waals surface area contributed by atoms with Gasteiger partial charge >= 0.3 is 0 Å². The molecule has 0 radical (unpaired) electrons. The first-order valence-electron chi connectivity index (χ1n) is 8.47. The van der Waals surface area contributed by atoms with Gasteiger partial charge in [-0.15, -0.1) is 6.42 Å². The highest BCUT2D eigenvalue weighted by Crippen LogP contribution is 2.27. The molecule has 0 unspecified atom stereocenters. The highest BCUT2D eigenvalue weighted by molar-refractivity contribution is 7.16. The van der Waals surface area contributed by atoms with Crippen LogP contribution in [0, 0.1) is 24.1 Å². The van der Waals surface area contributed by atoms with Crippen LogP contribution in [0.2, 0.25) is 0 Å². The Balaban J connectivity index is 1.81. The standard InChI is InChI=1S/C19H21FN2OS/c1-2-12-22-16-10-9-15(20)13-17(16)24-19(22)21-18(23)11-8-14-6-4-3-5-7-14/h1,9-10,13-14H,3-8,11-12H2. The molecule has 0 bridgehead atoms. The Hall–Kier alpha value is -1.93. The Morgan fingerprint density at radius 1 is 1.38 bits per heavy atom. The first kappa shape index (κ1) is 16.9. The molecule has 3 rings (SSSR count). The molecule has 0 spiro atoms. The van der Waals surface area contributed by atoms with Crippen molar-refractivity contribution in [1.29, 1.82) is 0 Å². The monoisotopic (exact) mass is 344 g/mol. The maximum atomic E-state index is 13.4. The number of terminal acetylenes is 1. The number of thiazole rings is 1. The van der Waals surface area contributed by atoms with Gasteiger partial charge in [-0.05, 0) is 30.5 Å². The van der Waals surface area contributed by atoms with E-state index in [2.05, 4.69) is 10.9 Å². The molecule has 0 atom stereocenters. The molecule has 1 aromatic heterocycles. The molecule has 1 amide bonds. The number of aromatic nitrogens is 1. The van der Waals surface area contributed by atoms with Crippen LogP contribution in [0.3, 0.4) is 0 Å². The van der Waals surface area contributed by atoms with E-state index in [4.69, 9.17) is 6.42 Å². The lowest BCUT2D eigenvalue weighted by Crippen LogP contribution is -2.17. The molecule has 2 aromatic rings. The van der Waals surface area contributed by atoms with E-state index in [1.54, 1.807) is 10.6 Å². The lowest BCUT2D eigenvalue weighted by Gasteiger charge is -2.20. The van der Waals surface area contributed by atoms with E-state index < -0.39 is 0 Å². The van der Waals surface area contributed by atoms with Crippen LogP contribution in [0.5, 0.6) is 0 Å². The van der Waals surface area contributed by atoms with E-state index in [-0.39, 0.29) is 11.7 Å². The molecule has 1 heterocycles. The van der Waals surface area contributed by atoms with Gasteiger partial charge in [0.2, 0.25) is 5.91 Å². The Morgan fingerprint density at radius 3 is 2.92 bits per heavy atom. The first-order chi connectivity index (χ1) is 11.7. The normalized spacial score (nSPS) is 16.4. The van der Waals surface area contributed by atoms with Crippen molar-refractivity contribution in [2.24, 2.45) is 10.9 Å². The van der Waals surface area contributed by atoms with Gasteiger partial charge in [0, 0.05) is 6.42 Å². The van der Waals surface area contributed by atoms with Crippen molar-refractivity contribution in [2.45, 2.75) is 51.5 Å². The summed E-state index contributed by atoms with van der Waals surface area (Å²) >= 11 is 1.31. The molecule has 1 aliphatic rings. The second-order valence-corrected chi connectivity index (χ2v) is 7.34. The Labute approximate surface area is 145 Å². The number of hydrogen-bond acceptors (Lipinski definition) is 2. The average Bonchev–Trinajstić information content (AvgIpc) is 2.91. The zero-order valence-corrected chi connectivity index (χ0v) is 14.4. The van der Waals surface area contributed by atoms with E-state index in [1.165, 1.54) is 55.6 Å². The maximum Gasteiger partial charge on any atom is 0.248 e. The molecule has 0 saturated heterocycles. The second kappa shape index (κ2) is 7.76. The van der Waals surface area contributed by atoms with Gasteiger partial charge in [0.25, 0.3) is 0 Å². The minimum absolute atomic E-state index is 0.113. The number of halogens is 1. The number of benzene rings is 1. The quantitative estimate of drug-likeness (QED) is 0.763. The van der Waals surface area contributed by atoms with Crippen LogP contribution in [-0.4, -0.2) is 10.5 Å². The minimum Gasteiger partial charge on any atom is -0.305 e. The zero-order valence-electron chi connectivity index (χ0n) is 13.6. The number of nitrogens with zero attached hydrogens (tertiary/aromatic N) is 2. The van der Waals surface area contributed by atoms with Gasteiger partial charge in [-0.25, -0.2) is 4.39 Å². The summed E-state index contributed by atoms with van der Waals surface area (Å²) < 4.78 is 16.0. The number of hydrogen-bond donors (Lipinski definition) is 0. The van der Waals surface area contributed by atoms with Gasteiger partial charge in [0.15, 0.2) is 4.80 Å². The molecule has 5 heteroatoms. The van der Waals surface area contributed by atoms with Crippen molar-refractivity contribution in [3.63, 3.8) is 0 Å². The van der Waals surface area contributed by atoms with Crippen LogP contribution in [0.15, 0.2) is 23.2 Å². The predicted molar refractivity (Wildman–Crippen MR) is 95.0 cm³/mol. The van der Waals surface area contributed by atoms with E-state index in [9.17, 15) is 9.18 Å². The largest absolute Gasteiger partial charge is 0.305 e. The van der Waals surface area contributed by atoms with E-state index in [0.29, 0.717) is 23.7 Å². The van der Waals surface area contributed by atoms with E-state index in [0.717, 1.165) is 16.6 Å². The Bertz CT molecular complexity index is 837. The SMILES string of the molecule is C#CCn1c(=NC(=O)CCC2CCCCC2)sc2cc(F)ccc21. The molecule has 1 fully saturated rings. The summed E-state index contributed by atoms with van der Waals surface area (Å²) in [7, 11) is 0. The van der Waals surface area contributed by atoms with E-state index >= 15 is 0 Å². The van der Waals surface area contributed by atoms with Crippen molar-refractivity contribution in [1.82, 2.24) is 4.57 Å². The van der Waals surface area contributed by atoms with Crippen molar-refractivity contribution >= 4 is 27.5 Å². The van der Waals surface area contributed by atoms with Crippen LogP contribution in [0.4, 0.5) is 4.39 Å². The molecule has 126 valence electrons. The van der Waals surface area contributed by atoms with Crippen LogP contribution in [-0.2, 0) is 11.3 Å². The minimum atomic E-state index is -0.299. The van der Waals surface area contributed by atoms with Crippen LogP contribution in [0.1, 0.15) is 44.9 Å². The summed E-state index contributed by atoms with van der Waals surface area (Å²) in [6.45, 7) is 0.320. The molecule has 0 aliphatic heterocycles. The summed E-state index contributed by atoms with van der Waals surface area (Å²) in [4.78, 5) is 17.1. The van der Waals surface area contributed by atoms with Gasteiger partial charge in [0.1, 0.15) is 5.82 Å². The third-order valence-electron chi connectivity index (χ3n) is 4.61. The summed E-state index contributed by atoms with van der Waals surface area (Å²) in [5.41, 5.74) is 0.818. The fraction of sp³-hybridized carbons (Fsp3) is 0.474. The third-order valence-corrected chi connectivity index (χ3v) is 5.65. The molecular weight excluding hydrogens is 323 g/mol. The lowest BCUT2D eigenvalue weighted by atomic mass is 9.86. The van der Waals surface area contributed by atoms with Crippen molar-refractivity contribution < 1.29 is 9.18 Å². The van der Waals surface area contributed by atoms with Gasteiger partial charge in [-0.2, -0.15) is 4.99 Å². The van der Waals surface area contributed by atoms with Crippen molar-refractivity contribution in [3.8, 4) is 12.3 Å². The summed E-state index contributed by atoms with van der Waals surface area (Å²) in [5.74, 6) is 2.83. The number of fused-ring (bicyclic) bond motifs is 1. The van der Waals surface area contributed by atoms with Crippen LogP contribution < -0.4 is 4.80 Å². The molecule has 1 aromatic carbocycles. The summed E-state index contributed by atoms with van der Waals surface area (Å²) in [5, 5.41) is 0. The third kappa shape index (κ3) is 3.93. The topological polar surface area (TPSA) is 34.4 Å². The highest BCUT2D eigenvalue weighted by atomic mass is 32.1. The number of rotatable bonds is 4. The number of amides is 1. The zero-order chi connectivity index (χ0) is 16.9. The smallest absolute Gasteiger partial charge is 0.248 e. The fourth-order valence-corrected chi connectivity index (χ4v) is 4.41. The highest BCUT2D eigenvalue weighted by Gasteiger charge is 2.15. The van der Waals surface area contributed by atoms with Crippen molar-refractivity contribution in [2.75, 3.05) is 0 Å². The fourth-order valence-electron chi connectivity index (χ4n) is 3.34. The molecule has 1 aliphatic carbocycles. The number of carbonyl (C=O) groups excluding carboxylic acids is 1. The summed E-state index contributed by atoms with van der Waals surface area (Å²) in [6, 6.07) is 4.54. The average molecular weight is 344 g/mol. The molecule has 1 saturated carbocycles. The molecular formula is C19H21FN2OS. The summed E-state index contributed by atoms with van der Waals surface area (Å²) in [6.07, 6.45) is 13.2. The molecule has 24 heavy (non-hydrogen) atoms. The Kier molecular flexibility index (Phi) is 5.47. The molecule has 3 nitrogen and oxygen atoms in total. The predicted octanol–water partition coefficient (Wildman–Crippen LogP) is 4.26. The second-order valence-electron chi connectivity index (χ2n) is 6.34. The van der Waals surface area contributed by atoms with E-state index in [1.807, 2.05) is 0 Å². The van der Waals surface area contributed by atoms with Crippen molar-refractivity contribution in [3.05, 3.63) is 28.8 Å². The Morgan fingerprint density at radius 2 is 2.17 bits per heavy atom. The van der Waals surface area contributed by atoms with Crippen LogP contribution in [0.25, 0.3) is 10.2 Å². The molecule has 0 N–H and O–H groups in total. The van der Waals surface area contributed by atoms with Crippen LogP contribution >= 0.6 is 11.3 Å². The lowest BCUT2D eigenvalue weighted by molar-refractivity contribution is -0.118. The first-order valence-corrected chi connectivity index (χ1v) is 9.29.